The highest BCUT2D eigenvalue weighted by Crippen LogP contribution is 2.28. The van der Waals surface area contributed by atoms with E-state index < -0.39 is 11.0 Å². The van der Waals surface area contributed by atoms with Gasteiger partial charge in [0.15, 0.2) is 0 Å². The number of aliphatic hydroxyl groups is 1. The van der Waals surface area contributed by atoms with Gasteiger partial charge in [0.05, 0.1) is 11.0 Å². The summed E-state index contributed by atoms with van der Waals surface area (Å²) in [7, 11) is 0. The highest BCUT2D eigenvalue weighted by molar-refractivity contribution is 7.98. The van der Waals surface area contributed by atoms with E-state index in [2.05, 4.69) is 0 Å². The molecular formula is C14H18N2O4S. The first kappa shape index (κ1) is 15.8. The Balaban J connectivity index is 2.28. The number of amides is 1. The zero-order valence-corrected chi connectivity index (χ0v) is 12.8. The van der Waals surface area contributed by atoms with Crippen molar-refractivity contribution in [2.45, 2.75) is 24.3 Å². The number of carbonyl (C=O) groups is 1. The largest absolute Gasteiger partial charge is 0.393 e. The molecular weight excluding hydrogens is 292 g/mol. The summed E-state index contributed by atoms with van der Waals surface area (Å²) in [4.78, 5) is 25.5. The Labute approximate surface area is 127 Å². The van der Waals surface area contributed by atoms with Crippen molar-refractivity contribution in [3.63, 3.8) is 0 Å². The molecule has 0 bridgehead atoms. The van der Waals surface area contributed by atoms with Crippen molar-refractivity contribution in [3.8, 4) is 0 Å². The average molecular weight is 310 g/mol. The van der Waals surface area contributed by atoms with Crippen LogP contribution in [0.4, 0.5) is 5.69 Å². The lowest BCUT2D eigenvalue weighted by Gasteiger charge is -2.18. The second kappa shape index (κ2) is 6.44. The van der Waals surface area contributed by atoms with Gasteiger partial charge in [0.25, 0.3) is 11.6 Å². The van der Waals surface area contributed by atoms with Gasteiger partial charge < -0.3 is 10.0 Å². The van der Waals surface area contributed by atoms with E-state index in [9.17, 15) is 20.0 Å². The third-order valence-electron chi connectivity index (χ3n) is 3.82. The molecule has 21 heavy (non-hydrogen) atoms. The maximum Gasteiger partial charge on any atom is 0.282 e. The van der Waals surface area contributed by atoms with Crippen molar-refractivity contribution in [1.82, 2.24) is 4.90 Å². The average Bonchev–Trinajstić information content (AvgIpc) is 2.95. The van der Waals surface area contributed by atoms with Gasteiger partial charge in [0, 0.05) is 30.0 Å². The fourth-order valence-corrected chi connectivity index (χ4v) is 2.95. The van der Waals surface area contributed by atoms with E-state index in [1.54, 1.807) is 24.0 Å². The van der Waals surface area contributed by atoms with E-state index >= 15 is 0 Å². The first-order valence-electron chi connectivity index (χ1n) is 6.73. The number of thioether (sulfide) groups is 1. The van der Waals surface area contributed by atoms with Gasteiger partial charge in [-0.25, -0.2) is 0 Å². The summed E-state index contributed by atoms with van der Waals surface area (Å²) >= 11 is 1.44. The molecule has 7 heteroatoms. The van der Waals surface area contributed by atoms with Crippen molar-refractivity contribution in [2.75, 3.05) is 19.3 Å². The van der Waals surface area contributed by atoms with E-state index in [4.69, 9.17) is 0 Å². The molecule has 0 aromatic heterocycles. The zero-order chi connectivity index (χ0) is 15.6. The molecule has 1 fully saturated rings. The number of likely N-dealkylation sites (tertiary alicyclic amines) is 1. The Bertz CT molecular complexity index is 562. The van der Waals surface area contributed by atoms with E-state index in [1.165, 1.54) is 17.8 Å². The van der Waals surface area contributed by atoms with Crippen molar-refractivity contribution in [1.29, 1.82) is 0 Å². The van der Waals surface area contributed by atoms with Gasteiger partial charge >= 0.3 is 0 Å². The predicted molar refractivity (Wildman–Crippen MR) is 80.6 cm³/mol. The Morgan fingerprint density at radius 1 is 1.57 bits per heavy atom. The Morgan fingerprint density at radius 3 is 2.81 bits per heavy atom. The third-order valence-corrected chi connectivity index (χ3v) is 4.55. The van der Waals surface area contributed by atoms with Crippen molar-refractivity contribution in [2.24, 2.45) is 5.92 Å². The van der Waals surface area contributed by atoms with Crippen LogP contribution in [-0.4, -0.2) is 46.3 Å². The number of nitro benzene ring substituents is 1. The molecule has 1 saturated heterocycles. The Hall–Kier alpha value is -1.60. The normalized spacial score (nSPS) is 19.6. The molecule has 1 aromatic carbocycles. The van der Waals surface area contributed by atoms with Crippen LogP contribution in [0.2, 0.25) is 0 Å². The van der Waals surface area contributed by atoms with E-state index in [0.717, 1.165) is 11.3 Å². The van der Waals surface area contributed by atoms with Gasteiger partial charge in [-0.3, -0.25) is 14.9 Å². The van der Waals surface area contributed by atoms with Crippen LogP contribution in [0.3, 0.4) is 0 Å². The maximum absolute atomic E-state index is 12.5. The van der Waals surface area contributed by atoms with Crippen LogP contribution in [0.5, 0.6) is 0 Å². The smallest absolute Gasteiger partial charge is 0.282 e. The van der Waals surface area contributed by atoms with Gasteiger partial charge in [-0.2, -0.15) is 0 Å². The van der Waals surface area contributed by atoms with Crippen LogP contribution in [0.15, 0.2) is 23.1 Å². The molecule has 2 unspecified atom stereocenters. The summed E-state index contributed by atoms with van der Waals surface area (Å²) in [5.74, 6) is -0.294. The lowest BCUT2D eigenvalue weighted by molar-refractivity contribution is -0.385. The Morgan fingerprint density at radius 2 is 2.29 bits per heavy atom. The van der Waals surface area contributed by atoms with E-state index in [0.29, 0.717) is 13.1 Å². The SMILES string of the molecule is CSc1ccc([N+](=O)[O-])c(C(=O)N2CCC(C(C)O)C2)c1. The van der Waals surface area contributed by atoms with Crippen molar-refractivity contribution in [3.05, 3.63) is 33.9 Å². The fraction of sp³-hybridized carbons (Fsp3) is 0.500. The van der Waals surface area contributed by atoms with Crippen LogP contribution < -0.4 is 0 Å². The van der Waals surface area contributed by atoms with Crippen LogP contribution in [0, 0.1) is 16.0 Å². The van der Waals surface area contributed by atoms with Crippen LogP contribution >= 0.6 is 11.8 Å². The molecule has 1 aliphatic rings. The number of hydrogen-bond donors (Lipinski definition) is 1. The first-order valence-corrected chi connectivity index (χ1v) is 7.96. The molecule has 0 saturated carbocycles. The van der Waals surface area contributed by atoms with Gasteiger partial charge in [-0.1, -0.05) is 0 Å². The summed E-state index contributed by atoms with van der Waals surface area (Å²) in [5.41, 5.74) is -0.0450. The molecule has 0 spiro atoms. The van der Waals surface area contributed by atoms with E-state index in [-0.39, 0.29) is 23.1 Å². The van der Waals surface area contributed by atoms with Gasteiger partial charge in [-0.15, -0.1) is 11.8 Å². The van der Waals surface area contributed by atoms with Crippen LogP contribution in [0.1, 0.15) is 23.7 Å². The third kappa shape index (κ3) is 3.36. The lowest BCUT2D eigenvalue weighted by Crippen LogP contribution is -2.30. The quantitative estimate of drug-likeness (QED) is 0.523. The molecule has 0 radical (unpaired) electrons. The second-order valence-electron chi connectivity index (χ2n) is 5.18. The van der Waals surface area contributed by atoms with Crippen molar-refractivity contribution >= 4 is 23.4 Å². The van der Waals surface area contributed by atoms with Gasteiger partial charge in [0.2, 0.25) is 0 Å². The molecule has 0 aliphatic carbocycles. The van der Waals surface area contributed by atoms with Crippen LogP contribution in [0.25, 0.3) is 0 Å². The highest BCUT2D eigenvalue weighted by Gasteiger charge is 2.32. The molecule has 1 heterocycles. The molecule has 1 N–H and O–H groups in total. The summed E-state index contributed by atoms with van der Waals surface area (Å²) in [6.45, 7) is 2.67. The molecule has 1 amide bonds. The minimum atomic E-state index is -0.528. The highest BCUT2D eigenvalue weighted by atomic mass is 32.2. The number of hydrogen-bond acceptors (Lipinski definition) is 5. The molecule has 114 valence electrons. The zero-order valence-electron chi connectivity index (χ0n) is 12.0. The molecule has 2 atom stereocenters. The summed E-state index contributed by atoms with van der Waals surface area (Å²) in [6.07, 6.45) is 2.10. The number of carbonyl (C=O) groups excluding carboxylic acids is 1. The number of nitrogens with zero attached hydrogens (tertiary/aromatic N) is 2. The second-order valence-corrected chi connectivity index (χ2v) is 6.06. The topological polar surface area (TPSA) is 83.7 Å². The number of nitro groups is 1. The van der Waals surface area contributed by atoms with E-state index in [1.807, 2.05) is 6.26 Å². The fourth-order valence-electron chi connectivity index (χ4n) is 2.51. The van der Waals surface area contributed by atoms with Crippen LogP contribution in [-0.2, 0) is 0 Å². The lowest BCUT2D eigenvalue weighted by atomic mass is 10.0. The minimum absolute atomic E-state index is 0.0386. The van der Waals surface area contributed by atoms with Crippen molar-refractivity contribution < 1.29 is 14.8 Å². The minimum Gasteiger partial charge on any atom is -0.393 e. The van der Waals surface area contributed by atoms with Gasteiger partial charge in [-0.05, 0) is 31.7 Å². The predicted octanol–water partition coefficient (Wildman–Crippen LogP) is 2.16. The standard InChI is InChI=1S/C14H18N2O4S/c1-9(17)10-5-6-15(8-10)14(18)12-7-11(21-2)3-4-13(12)16(19)20/h3-4,7,9-10,17H,5-6,8H2,1-2H3. The number of benzene rings is 1. The Kier molecular flexibility index (Phi) is 4.84. The first-order chi connectivity index (χ1) is 9.93. The molecule has 1 aliphatic heterocycles. The molecule has 1 aromatic rings. The summed E-state index contributed by atoms with van der Waals surface area (Å²) < 4.78 is 0. The van der Waals surface area contributed by atoms with Gasteiger partial charge in [0.1, 0.15) is 5.56 Å². The number of rotatable bonds is 4. The maximum atomic E-state index is 12.5. The summed E-state index contributed by atoms with van der Waals surface area (Å²) in [6, 6.07) is 4.59. The number of aliphatic hydroxyl groups excluding tert-OH is 1. The monoisotopic (exact) mass is 310 g/mol. The summed E-state index contributed by atoms with van der Waals surface area (Å²) in [5, 5.41) is 20.7. The molecule has 6 nitrogen and oxygen atoms in total. The molecule has 2 rings (SSSR count).